The first kappa shape index (κ1) is 19.5. The van der Waals surface area contributed by atoms with E-state index in [9.17, 15) is 9.59 Å². The summed E-state index contributed by atoms with van der Waals surface area (Å²) in [6, 6.07) is 8.51. The standard InChI is InChI=1S/C21H22O7/c1-12-7-13(5-6-17(12)24-2)16(22)10-15(21(23)26-4)14-8-18(25-3)20-19(9-14)27-11-28-20/h5-9,15H,10-11H2,1-4H3. The molecular formula is C21H22O7. The summed E-state index contributed by atoms with van der Waals surface area (Å²) >= 11 is 0. The molecule has 2 aromatic carbocycles. The Morgan fingerprint density at radius 1 is 1.04 bits per heavy atom. The van der Waals surface area contributed by atoms with Crippen LogP contribution >= 0.6 is 0 Å². The van der Waals surface area contributed by atoms with E-state index in [1.54, 1.807) is 37.4 Å². The van der Waals surface area contributed by atoms with Gasteiger partial charge in [0.15, 0.2) is 17.3 Å². The third-order valence-corrected chi connectivity index (χ3v) is 4.68. The molecule has 0 spiro atoms. The molecule has 0 saturated carbocycles. The lowest BCUT2D eigenvalue weighted by Crippen LogP contribution is -2.18. The van der Waals surface area contributed by atoms with Gasteiger partial charge in [0.25, 0.3) is 0 Å². The molecule has 28 heavy (non-hydrogen) atoms. The van der Waals surface area contributed by atoms with Crippen LogP contribution in [0.15, 0.2) is 30.3 Å². The van der Waals surface area contributed by atoms with Gasteiger partial charge in [0.2, 0.25) is 12.5 Å². The quantitative estimate of drug-likeness (QED) is 0.534. The van der Waals surface area contributed by atoms with Crippen molar-refractivity contribution in [1.82, 2.24) is 0 Å². The zero-order chi connectivity index (χ0) is 20.3. The Morgan fingerprint density at radius 3 is 2.43 bits per heavy atom. The first-order valence-electron chi connectivity index (χ1n) is 8.71. The fraction of sp³-hybridized carbons (Fsp3) is 0.333. The largest absolute Gasteiger partial charge is 0.496 e. The smallest absolute Gasteiger partial charge is 0.313 e. The lowest BCUT2D eigenvalue weighted by Gasteiger charge is -2.17. The van der Waals surface area contributed by atoms with E-state index in [0.29, 0.717) is 34.1 Å². The molecule has 0 N–H and O–H groups in total. The van der Waals surface area contributed by atoms with Crippen LogP contribution in [0.5, 0.6) is 23.0 Å². The summed E-state index contributed by atoms with van der Waals surface area (Å²) in [4.78, 5) is 25.3. The van der Waals surface area contributed by atoms with Crippen LogP contribution in [0.1, 0.15) is 33.8 Å². The van der Waals surface area contributed by atoms with Crippen LogP contribution in [-0.4, -0.2) is 39.9 Å². The highest BCUT2D eigenvalue weighted by Crippen LogP contribution is 2.44. The number of rotatable bonds is 7. The van der Waals surface area contributed by atoms with Gasteiger partial charge in [0.1, 0.15) is 5.75 Å². The monoisotopic (exact) mass is 386 g/mol. The van der Waals surface area contributed by atoms with E-state index in [0.717, 1.165) is 5.56 Å². The van der Waals surface area contributed by atoms with Crippen molar-refractivity contribution in [2.75, 3.05) is 28.1 Å². The van der Waals surface area contributed by atoms with Gasteiger partial charge in [-0.2, -0.15) is 0 Å². The highest BCUT2D eigenvalue weighted by Gasteiger charge is 2.29. The van der Waals surface area contributed by atoms with E-state index in [1.807, 2.05) is 6.92 Å². The van der Waals surface area contributed by atoms with Gasteiger partial charge in [0.05, 0.1) is 27.2 Å². The van der Waals surface area contributed by atoms with Crippen molar-refractivity contribution >= 4 is 11.8 Å². The second kappa shape index (κ2) is 8.21. The van der Waals surface area contributed by atoms with E-state index in [2.05, 4.69) is 0 Å². The Bertz CT molecular complexity index is 904. The molecule has 1 aliphatic heterocycles. The summed E-state index contributed by atoms with van der Waals surface area (Å²) in [5.74, 6) is 0.580. The van der Waals surface area contributed by atoms with Gasteiger partial charge in [-0.3, -0.25) is 9.59 Å². The van der Waals surface area contributed by atoms with Gasteiger partial charge >= 0.3 is 5.97 Å². The number of carbonyl (C=O) groups is 2. The molecular weight excluding hydrogens is 364 g/mol. The van der Waals surface area contributed by atoms with Gasteiger partial charge in [-0.15, -0.1) is 0 Å². The maximum atomic E-state index is 12.9. The molecule has 0 amide bonds. The van der Waals surface area contributed by atoms with E-state index in [-0.39, 0.29) is 19.0 Å². The summed E-state index contributed by atoms with van der Waals surface area (Å²) in [5.41, 5.74) is 1.90. The van der Waals surface area contributed by atoms with Crippen LogP contribution in [0.25, 0.3) is 0 Å². The summed E-state index contributed by atoms with van der Waals surface area (Å²) in [5, 5.41) is 0. The van der Waals surface area contributed by atoms with Gasteiger partial charge in [-0.25, -0.2) is 0 Å². The molecule has 0 bridgehead atoms. The van der Waals surface area contributed by atoms with Crippen molar-refractivity contribution in [2.45, 2.75) is 19.3 Å². The number of esters is 1. The van der Waals surface area contributed by atoms with Crippen molar-refractivity contribution in [1.29, 1.82) is 0 Å². The maximum Gasteiger partial charge on any atom is 0.313 e. The lowest BCUT2D eigenvalue weighted by atomic mass is 9.90. The molecule has 7 heteroatoms. The zero-order valence-corrected chi connectivity index (χ0v) is 16.2. The number of benzene rings is 2. The van der Waals surface area contributed by atoms with E-state index in [4.69, 9.17) is 23.7 Å². The van der Waals surface area contributed by atoms with Crippen molar-refractivity contribution in [3.05, 3.63) is 47.0 Å². The molecule has 148 valence electrons. The summed E-state index contributed by atoms with van der Waals surface area (Å²) < 4.78 is 26.3. The number of ether oxygens (including phenoxy) is 5. The molecule has 1 heterocycles. The van der Waals surface area contributed by atoms with Crippen molar-refractivity contribution in [3.63, 3.8) is 0 Å². The number of hydrogen-bond acceptors (Lipinski definition) is 7. The molecule has 0 aliphatic carbocycles. The van der Waals surface area contributed by atoms with Crippen LogP contribution in [0, 0.1) is 6.92 Å². The number of fused-ring (bicyclic) bond motifs is 1. The third-order valence-electron chi connectivity index (χ3n) is 4.68. The molecule has 1 unspecified atom stereocenters. The Labute approximate surface area is 163 Å². The predicted octanol–water partition coefficient (Wildman–Crippen LogP) is 3.27. The van der Waals surface area contributed by atoms with Crippen LogP contribution in [-0.2, 0) is 9.53 Å². The normalized spacial score (nSPS) is 13.0. The van der Waals surface area contributed by atoms with Crippen LogP contribution in [0.3, 0.4) is 0 Å². The molecule has 1 atom stereocenters. The van der Waals surface area contributed by atoms with Crippen molar-refractivity contribution < 1.29 is 33.3 Å². The van der Waals surface area contributed by atoms with E-state index in [1.165, 1.54) is 14.2 Å². The summed E-state index contributed by atoms with van der Waals surface area (Å²) in [6.45, 7) is 1.93. The Hall–Kier alpha value is -3.22. The topological polar surface area (TPSA) is 80.3 Å². The molecule has 2 aromatic rings. The lowest BCUT2D eigenvalue weighted by molar-refractivity contribution is -0.142. The average Bonchev–Trinajstić information content (AvgIpc) is 3.19. The number of carbonyl (C=O) groups excluding carboxylic acids is 2. The highest BCUT2D eigenvalue weighted by molar-refractivity contribution is 5.99. The molecule has 0 aromatic heterocycles. The first-order chi connectivity index (χ1) is 13.5. The molecule has 3 rings (SSSR count). The minimum atomic E-state index is -0.802. The van der Waals surface area contributed by atoms with E-state index >= 15 is 0 Å². The Balaban J connectivity index is 1.92. The fourth-order valence-electron chi connectivity index (χ4n) is 3.19. The van der Waals surface area contributed by atoms with Crippen molar-refractivity contribution in [2.24, 2.45) is 0 Å². The number of ketones is 1. The Morgan fingerprint density at radius 2 is 1.79 bits per heavy atom. The minimum absolute atomic E-state index is 0.0543. The van der Waals surface area contributed by atoms with E-state index < -0.39 is 11.9 Å². The highest BCUT2D eigenvalue weighted by atomic mass is 16.7. The van der Waals surface area contributed by atoms with Crippen molar-refractivity contribution in [3.8, 4) is 23.0 Å². The molecule has 0 radical (unpaired) electrons. The van der Waals surface area contributed by atoms with Crippen LogP contribution in [0.4, 0.5) is 0 Å². The average molecular weight is 386 g/mol. The van der Waals surface area contributed by atoms with Gasteiger partial charge < -0.3 is 23.7 Å². The van der Waals surface area contributed by atoms with Crippen LogP contribution < -0.4 is 18.9 Å². The third kappa shape index (κ3) is 3.74. The summed E-state index contributed by atoms with van der Waals surface area (Å²) in [7, 11) is 4.37. The molecule has 7 nitrogen and oxygen atoms in total. The Kier molecular flexibility index (Phi) is 5.73. The van der Waals surface area contributed by atoms with Gasteiger partial charge in [-0.05, 0) is 48.4 Å². The number of hydrogen-bond donors (Lipinski definition) is 0. The summed E-state index contributed by atoms with van der Waals surface area (Å²) in [6.07, 6.45) is -0.0543. The number of aryl methyl sites for hydroxylation is 1. The molecule has 1 aliphatic rings. The minimum Gasteiger partial charge on any atom is -0.496 e. The van der Waals surface area contributed by atoms with Gasteiger partial charge in [-0.1, -0.05) is 0 Å². The number of Topliss-reactive ketones (excluding diaryl/α,β-unsaturated/α-hetero) is 1. The second-order valence-corrected chi connectivity index (χ2v) is 6.34. The van der Waals surface area contributed by atoms with Crippen LogP contribution in [0.2, 0.25) is 0 Å². The SMILES string of the molecule is COC(=O)C(CC(=O)c1ccc(OC)c(C)c1)c1cc(OC)c2c(c1)OCO2. The van der Waals surface area contributed by atoms with Gasteiger partial charge in [0, 0.05) is 12.0 Å². The second-order valence-electron chi connectivity index (χ2n) is 6.34. The zero-order valence-electron chi connectivity index (χ0n) is 16.2. The fourth-order valence-corrected chi connectivity index (χ4v) is 3.19. The number of methoxy groups -OCH3 is 3. The molecule has 0 fully saturated rings. The molecule has 0 saturated heterocycles. The first-order valence-corrected chi connectivity index (χ1v) is 8.71. The maximum absolute atomic E-state index is 12.9. The predicted molar refractivity (Wildman–Crippen MR) is 101 cm³/mol.